The number of hydrogen-bond donors (Lipinski definition) is 0. The highest BCUT2D eigenvalue weighted by Crippen LogP contribution is 2.13. The van der Waals surface area contributed by atoms with Gasteiger partial charge < -0.3 is 9.64 Å². The summed E-state index contributed by atoms with van der Waals surface area (Å²) in [7, 11) is 1.61. The molecule has 0 aliphatic carbocycles. The van der Waals surface area contributed by atoms with Gasteiger partial charge in [0.2, 0.25) is 5.95 Å². The number of carbonyl (C=O) groups excluding carboxylic acids is 1. The standard InChI is InChI=1S/C14H21FN2O2/c1-4-12(5-2)17(8-9-19-3)14(18)11-6-7-13(15)16-10-11/h6-7,10,12H,4-5,8-9H2,1-3H3. The lowest BCUT2D eigenvalue weighted by atomic mass is 10.1. The van der Waals surface area contributed by atoms with E-state index in [2.05, 4.69) is 4.98 Å². The first kappa shape index (κ1) is 15.6. The quantitative estimate of drug-likeness (QED) is 0.714. The Kier molecular flexibility index (Phi) is 6.42. The van der Waals surface area contributed by atoms with Gasteiger partial charge in [-0.25, -0.2) is 4.98 Å². The molecule has 0 saturated heterocycles. The molecule has 0 saturated carbocycles. The zero-order valence-electron chi connectivity index (χ0n) is 11.7. The Hall–Kier alpha value is -1.49. The monoisotopic (exact) mass is 268 g/mol. The van der Waals surface area contributed by atoms with Crippen molar-refractivity contribution in [2.24, 2.45) is 0 Å². The molecule has 1 aromatic rings. The number of methoxy groups -OCH3 is 1. The molecule has 5 heteroatoms. The van der Waals surface area contributed by atoms with Gasteiger partial charge in [-0.2, -0.15) is 4.39 Å². The minimum atomic E-state index is -0.581. The van der Waals surface area contributed by atoms with Crippen LogP contribution in [-0.2, 0) is 4.74 Å². The van der Waals surface area contributed by atoms with Crippen LogP contribution < -0.4 is 0 Å². The first-order valence-electron chi connectivity index (χ1n) is 6.55. The van der Waals surface area contributed by atoms with Crippen LogP contribution in [0.2, 0.25) is 0 Å². The molecule has 4 nitrogen and oxygen atoms in total. The molecule has 0 bridgehead atoms. The van der Waals surface area contributed by atoms with Crippen LogP contribution in [0.5, 0.6) is 0 Å². The molecule has 1 amide bonds. The number of halogens is 1. The number of rotatable bonds is 7. The maximum absolute atomic E-state index is 12.8. The molecule has 1 heterocycles. The molecule has 0 unspecified atom stereocenters. The fourth-order valence-electron chi connectivity index (χ4n) is 2.04. The minimum absolute atomic E-state index is 0.127. The van der Waals surface area contributed by atoms with Crippen molar-refractivity contribution >= 4 is 5.91 Å². The maximum atomic E-state index is 12.8. The first-order valence-corrected chi connectivity index (χ1v) is 6.55. The second-order valence-electron chi connectivity index (χ2n) is 4.33. The Morgan fingerprint density at radius 2 is 2.11 bits per heavy atom. The zero-order valence-corrected chi connectivity index (χ0v) is 11.7. The number of pyridine rings is 1. The van der Waals surface area contributed by atoms with E-state index in [0.717, 1.165) is 12.8 Å². The van der Waals surface area contributed by atoms with Crippen LogP contribution >= 0.6 is 0 Å². The molecule has 0 radical (unpaired) electrons. The molecule has 0 aromatic carbocycles. The van der Waals surface area contributed by atoms with E-state index in [1.807, 2.05) is 13.8 Å². The van der Waals surface area contributed by atoms with E-state index in [9.17, 15) is 9.18 Å². The van der Waals surface area contributed by atoms with Gasteiger partial charge in [0.15, 0.2) is 0 Å². The van der Waals surface area contributed by atoms with Crippen molar-refractivity contribution < 1.29 is 13.9 Å². The van der Waals surface area contributed by atoms with Crippen LogP contribution in [0.3, 0.4) is 0 Å². The number of amides is 1. The van der Waals surface area contributed by atoms with E-state index in [-0.39, 0.29) is 11.9 Å². The number of ether oxygens (including phenoxy) is 1. The lowest BCUT2D eigenvalue weighted by Gasteiger charge is -2.30. The van der Waals surface area contributed by atoms with Gasteiger partial charge >= 0.3 is 0 Å². The average Bonchev–Trinajstić information content (AvgIpc) is 2.43. The minimum Gasteiger partial charge on any atom is -0.383 e. The topological polar surface area (TPSA) is 42.4 Å². The Morgan fingerprint density at radius 3 is 2.58 bits per heavy atom. The highest BCUT2D eigenvalue weighted by Gasteiger charge is 2.22. The normalized spacial score (nSPS) is 10.8. The van der Waals surface area contributed by atoms with Gasteiger partial charge in [0, 0.05) is 25.9 Å². The molecule has 0 aliphatic rings. The van der Waals surface area contributed by atoms with Crippen molar-refractivity contribution in [1.29, 1.82) is 0 Å². The van der Waals surface area contributed by atoms with Crippen molar-refractivity contribution in [3.8, 4) is 0 Å². The number of hydrogen-bond acceptors (Lipinski definition) is 3. The van der Waals surface area contributed by atoms with E-state index in [4.69, 9.17) is 4.74 Å². The van der Waals surface area contributed by atoms with Crippen molar-refractivity contribution in [3.05, 3.63) is 29.8 Å². The van der Waals surface area contributed by atoms with Gasteiger partial charge in [0.25, 0.3) is 5.91 Å². The fourth-order valence-corrected chi connectivity index (χ4v) is 2.04. The molecule has 0 aliphatic heterocycles. The van der Waals surface area contributed by atoms with Gasteiger partial charge in [0.1, 0.15) is 0 Å². The number of carbonyl (C=O) groups is 1. The van der Waals surface area contributed by atoms with Crippen LogP contribution in [0.25, 0.3) is 0 Å². The third kappa shape index (κ3) is 4.28. The Labute approximate surface area is 113 Å². The van der Waals surface area contributed by atoms with E-state index < -0.39 is 5.95 Å². The highest BCUT2D eigenvalue weighted by atomic mass is 19.1. The summed E-state index contributed by atoms with van der Waals surface area (Å²) in [6.07, 6.45) is 3.03. The molecule has 0 fully saturated rings. The van der Waals surface area contributed by atoms with Crippen LogP contribution in [0, 0.1) is 5.95 Å². The van der Waals surface area contributed by atoms with Gasteiger partial charge in [0.05, 0.1) is 12.2 Å². The summed E-state index contributed by atoms with van der Waals surface area (Å²) in [5, 5.41) is 0. The van der Waals surface area contributed by atoms with Crippen molar-refractivity contribution in [2.75, 3.05) is 20.3 Å². The summed E-state index contributed by atoms with van der Waals surface area (Å²) in [6.45, 7) is 5.10. The first-order chi connectivity index (χ1) is 9.13. The fraction of sp³-hybridized carbons (Fsp3) is 0.571. The molecule has 19 heavy (non-hydrogen) atoms. The molecule has 0 atom stereocenters. The summed E-state index contributed by atoms with van der Waals surface area (Å²) in [4.78, 5) is 17.7. The Bertz CT molecular complexity index is 391. The molecule has 1 rings (SSSR count). The summed E-state index contributed by atoms with van der Waals surface area (Å²) in [6, 6.07) is 2.83. The smallest absolute Gasteiger partial charge is 0.255 e. The number of aromatic nitrogens is 1. The van der Waals surface area contributed by atoms with Crippen molar-refractivity contribution in [1.82, 2.24) is 9.88 Å². The molecule has 1 aromatic heterocycles. The zero-order chi connectivity index (χ0) is 14.3. The van der Waals surface area contributed by atoms with Gasteiger partial charge in [-0.15, -0.1) is 0 Å². The SMILES string of the molecule is CCC(CC)N(CCOC)C(=O)c1ccc(F)nc1. The molecular formula is C14H21FN2O2. The third-order valence-corrected chi connectivity index (χ3v) is 3.15. The van der Waals surface area contributed by atoms with E-state index in [1.165, 1.54) is 18.3 Å². The lowest BCUT2D eigenvalue weighted by Crippen LogP contribution is -2.41. The second-order valence-corrected chi connectivity index (χ2v) is 4.33. The third-order valence-electron chi connectivity index (χ3n) is 3.15. The van der Waals surface area contributed by atoms with E-state index >= 15 is 0 Å². The molecule has 0 N–H and O–H groups in total. The van der Waals surface area contributed by atoms with Crippen molar-refractivity contribution in [3.63, 3.8) is 0 Å². The summed E-state index contributed by atoms with van der Waals surface area (Å²) in [5.74, 6) is -0.708. The molecule has 0 spiro atoms. The van der Waals surface area contributed by atoms with Crippen molar-refractivity contribution in [2.45, 2.75) is 32.7 Å². The van der Waals surface area contributed by atoms with E-state index in [0.29, 0.717) is 18.7 Å². The Morgan fingerprint density at radius 1 is 1.42 bits per heavy atom. The summed E-state index contributed by atoms with van der Waals surface area (Å²) < 4.78 is 17.8. The predicted octanol–water partition coefficient (Wildman–Crippen LogP) is 2.50. The van der Waals surface area contributed by atoms with Gasteiger partial charge in [-0.05, 0) is 25.0 Å². The van der Waals surface area contributed by atoms with Gasteiger partial charge in [-0.1, -0.05) is 13.8 Å². The molecular weight excluding hydrogens is 247 g/mol. The van der Waals surface area contributed by atoms with Crippen LogP contribution in [0.4, 0.5) is 4.39 Å². The predicted molar refractivity (Wildman–Crippen MR) is 71.5 cm³/mol. The van der Waals surface area contributed by atoms with Crippen LogP contribution in [0.15, 0.2) is 18.3 Å². The summed E-state index contributed by atoms with van der Waals surface area (Å²) in [5.41, 5.74) is 0.407. The summed E-state index contributed by atoms with van der Waals surface area (Å²) >= 11 is 0. The van der Waals surface area contributed by atoms with Gasteiger partial charge in [-0.3, -0.25) is 4.79 Å². The lowest BCUT2D eigenvalue weighted by molar-refractivity contribution is 0.0589. The second kappa shape index (κ2) is 7.84. The highest BCUT2D eigenvalue weighted by molar-refractivity contribution is 5.94. The molecule has 106 valence electrons. The van der Waals surface area contributed by atoms with Crippen LogP contribution in [0.1, 0.15) is 37.0 Å². The van der Waals surface area contributed by atoms with E-state index in [1.54, 1.807) is 12.0 Å². The number of nitrogens with zero attached hydrogens (tertiary/aromatic N) is 2. The average molecular weight is 268 g/mol. The van der Waals surface area contributed by atoms with Crippen LogP contribution in [-0.4, -0.2) is 42.1 Å². The largest absolute Gasteiger partial charge is 0.383 e. The Balaban J connectivity index is 2.89. The maximum Gasteiger partial charge on any atom is 0.255 e.